The van der Waals surface area contributed by atoms with Crippen LogP contribution in [-0.4, -0.2) is 20.9 Å². The van der Waals surface area contributed by atoms with Crippen LogP contribution in [0.2, 0.25) is 0 Å². The van der Waals surface area contributed by atoms with Crippen molar-refractivity contribution in [3.63, 3.8) is 0 Å². The number of para-hydroxylation sites is 1. The van der Waals surface area contributed by atoms with Crippen molar-refractivity contribution >= 4 is 16.8 Å². The number of pyridine rings is 3. The van der Waals surface area contributed by atoms with Crippen molar-refractivity contribution in [3.8, 4) is 11.3 Å². The SMILES string of the molecule is O=C(NCc1ccnc(-c2ccncc2)c1)c1ccc2ccccc2n1. The lowest BCUT2D eigenvalue weighted by Crippen LogP contribution is -2.23. The summed E-state index contributed by atoms with van der Waals surface area (Å²) in [6.07, 6.45) is 5.21. The van der Waals surface area contributed by atoms with Crippen molar-refractivity contribution < 1.29 is 4.79 Å². The molecule has 0 radical (unpaired) electrons. The Hall–Kier alpha value is -3.60. The van der Waals surface area contributed by atoms with Gasteiger partial charge in [-0.15, -0.1) is 0 Å². The fourth-order valence-corrected chi connectivity index (χ4v) is 2.73. The van der Waals surface area contributed by atoms with Crippen LogP contribution in [0.5, 0.6) is 0 Å². The van der Waals surface area contributed by atoms with Crippen molar-refractivity contribution in [2.24, 2.45) is 0 Å². The van der Waals surface area contributed by atoms with E-state index in [1.807, 2.05) is 54.6 Å². The van der Waals surface area contributed by atoms with Crippen LogP contribution in [0.15, 0.2) is 79.3 Å². The summed E-state index contributed by atoms with van der Waals surface area (Å²) in [5.41, 5.74) is 4.03. The van der Waals surface area contributed by atoms with E-state index in [9.17, 15) is 4.79 Å². The lowest BCUT2D eigenvalue weighted by molar-refractivity contribution is 0.0946. The Morgan fingerprint density at radius 2 is 1.77 bits per heavy atom. The van der Waals surface area contributed by atoms with Gasteiger partial charge in [-0.3, -0.25) is 14.8 Å². The number of fused-ring (bicyclic) bond motifs is 1. The molecule has 0 aliphatic heterocycles. The smallest absolute Gasteiger partial charge is 0.270 e. The maximum absolute atomic E-state index is 12.4. The number of rotatable bonds is 4. The van der Waals surface area contributed by atoms with Crippen molar-refractivity contribution in [1.29, 1.82) is 0 Å². The number of benzene rings is 1. The molecule has 0 bridgehead atoms. The minimum absolute atomic E-state index is 0.196. The van der Waals surface area contributed by atoms with E-state index in [2.05, 4.69) is 20.3 Å². The Kier molecular flexibility index (Phi) is 4.35. The molecule has 0 aliphatic carbocycles. The number of nitrogens with zero attached hydrogens (tertiary/aromatic N) is 3. The summed E-state index contributed by atoms with van der Waals surface area (Å²) in [7, 11) is 0. The van der Waals surface area contributed by atoms with Gasteiger partial charge in [-0.2, -0.15) is 0 Å². The van der Waals surface area contributed by atoms with Crippen LogP contribution in [0.1, 0.15) is 16.1 Å². The van der Waals surface area contributed by atoms with Gasteiger partial charge < -0.3 is 5.32 Å². The molecule has 4 aromatic rings. The van der Waals surface area contributed by atoms with Gasteiger partial charge in [0.15, 0.2) is 0 Å². The van der Waals surface area contributed by atoms with Gasteiger partial charge in [-0.25, -0.2) is 4.98 Å². The molecular weight excluding hydrogens is 324 g/mol. The van der Waals surface area contributed by atoms with E-state index in [1.165, 1.54) is 0 Å². The highest BCUT2D eigenvalue weighted by atomic mass is 16.1. The largest absolute Gasteiger partial charge is 0.347 e. The van der Waals surface area contributed by atoms with E-state index in [-0.39, 0.29) is 5.91 Å². The maximum atomic E-state index is 12.4. The van der Waals surface area contributed by atoms with Gasteiger partial charge in [0.1, 0.15) is 5.69 Å². The second-order valence-electron chi connectivity index (χ2n) is 5.86. The van der Waals surface area contributed by atoms with E-state index >= 15 is 0 Å². The Bertz CT molecular complexity index is 1060. The second-order valence-corrected chi connectivity index (χ2v) is 5.86. The lowest BCUT2D eigenvalue weighted by atomic mass is 10.1. The van der Waals surface area contributed by atoms with Gasteiger partial charge in [0, 0.05) is 36.1 Å². The third kappa shape index (κ3) is 3.42. The summed E-state index contributed by atoms with van der Waals surface area (Å²) < 4.78 is 0. The number of nitrogens with one attached hydrogen (secondary N) is 1. The van der Waals surface area contributed by atoms with Gasteiger partial charge in [-0.05, 0) is 42.0 Å². The van der Waals surface area contributed by atoms with E-state index in [1.54, 1.807) is 24.7 Å². The van der Waals surface area contributed by atoms with Crippen LogP contribution in [-0.2, 0) is 6.54 Å². The molecule has 0 fully saturated rings. The van der Waals surface area contributed by atoms with Crippen LogP contribution in [0.25, 0.3) is 22.2 Å². The Morgan fingerprint density at radius 1 is 0.923 bits per heavy atom. The molecule has 0 saturated carbocycles. The first-order valence-electron chi connectivity index (χ1n) is 8.29. The molecule has 126 valence electrons. The first kappa shape index (κ1) is 15.9. The standard InChI is InChI=1S/C21H16N4O/c26-21(19-6-5-16-3-1-2-4-18(16)25-19)24-14-15-7-12-23-20(13-15)17-8-10-22-11-9-17/h1-13H,14H2,(H,24,26). The number of aromatic nitrogens is 3. The Morgan fingerprint density at radius 3 is 2.65 bits per heavy atom. The molecule has 0 aliphatic rings. The normalized spacial score (nSPS) is 10.6. The zero-order valence-corrected chi connectivity index (χ0v) is 14.0. The van der Waals surface area contributed by atoms with Crippen molar-refractivity contribution in [3.05, 3.63) is 90.5 Å². The zero-order chi connectivity index (χ0) is 17.8. The van der Waals surface area contributed by atoms with Crippen LogP contribution in [0.4, 0.5) is 0 Å². The molecule has 26 heavy (non-hydrogen) atoms. The highest BCUT2D eigenvalue weighted by molar-refractivity contribution is 5.94. The summed E-state index contributed by atoms with van der Waals surface area (Å²) in [4.78, 5) is 25.2. The summed E-state index contributed by atoms with van der Waals surface area (Å²) >= 11 is 0. The van der Waals surface area contributed by atoms with Gasteiger partial charge in [0.25, 0.3) is 5.91 Å². The third-order valence-electron chi connectivity index (χ3n) is 4.08. The van der Waals surface area contributed by atoms with E-state index in [0.29, 0.717) is 12.2 Å². The van der Waals surface area contributed by atoms with Gasteiger partial charge >= 0.3 is 0 Å². The predicted molar refractivity (Wildman–Crippen MR) is 100 cm³/mol. The van der Waals surface area contributed by atoms with Crippen molar-refractivity contribution in [1.82, 2.24) is 20.3 Å². The van der Waals surface area contributed by atoms with E-state index in [4.69, 9.17) is 0 Å². The first-order valence-corrected chi connectivity index (χ1v) is 8.29. The molecule has 4 rings (SSSR count). The number of carbonyl (C=O) groups excluding carboxylic acids is 1. The average Bonchev–Trinajstić information content (AvgIpc) is 2.72. The Balaban J connectivity index is 1.49. The number of hydrogen-bond acceptors (Lipinski definition) is 4. The molecule has 0 spiro atoms. The van der Waals surface area contributed by atoms with Crippen molar-refractivity contribution in [2.75, 3.05) is 0 Å². The number of amides is 1. The third-order valence-corrected chi connectivity index (χ3v) is 4.08. The van der Waals surface area contributed by atoms with Gasteiger partial charge in [-0.1, -0.05) is 24.3 Å². The molecule has 5 heteroatoms. The molecule has 1 N–H and O–H groups in total. The summed E-state index contributed by atoms with van der Waals surface area (Å²) in [6, 6.07) is 19.0. The highest BCUT2D eigenvalue weighted by Crippen LogP contribution is 2.17. The molecule has 3 aromatic heterocycles. The molecule has 3 heterocycles. The van der Waals surface area contributed by atoms with E-state index < -0.39 is 0 Å². The van der Waals surface area contributed by atoms with Crippen LogP contribution in [0, 0.1) is 0 Å². The summed E-state index contributed by atoms with van der Waals surface area (Å²) in [5, 5.41) is 3.93. The molecule has 1 aromatic carbocycles. The minimum atomic E-state index is -0.196. The highest BCUT2D eigenvalue weighted by Gasteiger charge is 2.08. The Labute approximate surface area is 150 Å². The molecule has 0 saturated heterocycles. The first-order chi connectivity index (χ1) is 12.8. The fourth-order valence-electron chi connectivity index (χ4n) is 2.73. The average molecular weight is 340 g/mol. The van der Waals surface area contributed by atoms with Crippen LogP contribution < -0.4 is 5.32 Å². The topological polar surface area (TPSA) is 67.8 Å². The zero-order valence-electron chi connectivity index (χ0n) is 14.0. The molecular formula is C21H16N4O. The number of carbonyl (C=O) groups is 1. The van der Waals surface area contributed by atoms with Crippen molar-refractivity contribution in [2.45, 2.75) is 6.54 Å². The van der Waals surface area contributed by atoms with E-state index in [0.717, 1.165) is 27.7 Å². The monoisotopic (exact) mass is 340 g/mol. The molecule has 1 amide bonds. The minimum Gasteiger partial charge on any atom is -0.347 e. The lowest BCUT2D eigenvalue weighted by Gasteiger charge is -2.07. The quantitative estimate of drug-likeness (QED) is 0.616. The summed E-state index contributed by atoms with van der Waals surface area (Å²) in [5.74, 6) is -0.196. The molecule has 0 atom stereocenters. The van der Waals surface area contributed by atoms with Crippen LogP contribution in [0.3, 0.4) is 0 Å². The van der Waals surface area contributed by atoms with Gasteiger partial charge in [0.05, 0.1) is 11.2 Å². The molecule has 5 nitrogen and oxygen atoms in total. The fraction of sp³-hybridized carbons (Fsp3) is 0.0476. The predicted octanol–water partition coefficient (Wildman–Crippen LogP) is 3.62. The maximum Gasteiger partial charge on any atom is 0.270 e. The number of hydrogen-bond donors (Lipinski definition) is 1. The van der Waals surface area contributed by atoms with Gasteiger partial charge in [0.2, 0.25) is 0 Å². The molecule has 0 unspecified atom stereocenters. The van der Waals surface area contributed by atoms with Crippen LogP contribution >= 0.6 is 0 Å². The summed E-state index contributed by atoms with van der Waals surface area (Å²) in [6.45, 7) is 0.411. The second kappa shape index (κ2) is 7.11.